The monoisotopic (exact) mass is 352 g/mol. The molecule has 1 aliphatic heterocycles. The molecule has 0 aliphatic carbocycles. The van der Waals surface area contributed by atoms with Gasteiger partial charge in [0.2, 0.25) is 5.89 Å². The Labute approximate surface area is 150 Å². The van der Waals surface area contributed by atoms with Gasteiger partial charge >= 0.3 is 0 Å². The first-order chi connectivity index (χ1) is 12.6. The van der Waals surface area contributed by atoms with E-state index < -0.39 is 0 Å². The van der Waals surface area contributed by atoms with Gasteiger partial charge < -0.3 is 9.32 Å². The Bertz CT molecular complexity index is 957. The molecular weight excluding hydrogens is 332 g/mol. The van der Waals surface area contributed by atoms with Crippen molar-refractivity contribution in [2.24, 2.45) is 0 Å². The van der Waals surface area contributed by atoms with Crippen molar-refractivity contribution in [2.45, 2.75) is 40.3 Å². The van der Waals surface area contributed by atoms with Crippen LogP contribution >= 0.6 is 0 Å². The highest BCUT2D eigenvalue weighted by Crippen LogP contribution is 2.30. The van der Waals surface area contributed by atoms with Crippen LogP contribution in [0.25, 0.3) is 11.6 Å². The molecule has 8 nitrogen and oxygen atoms in total. The topological polar surface area (TPSA) is 89.9 Å². The van der Waals surface area contributed by atoms with E-state index in [0.717, 1.165) is 35.7 Å². The zero-order valence-corrected chi connectivity index (χ0v) is 15.1. The minimum Gasteiger partial charge on any atom is -0.440 e. The summed E-state index contributed by atoms with van der Waals surface area (Å²) in [6, 6.07) is 0. The molecular formula is C18H20N6O2. The predicted molar refractivity (Wildman–Crippen MR) is 93.3 cm³/mol. The van der Waals surface area contributed by atoms with E-state index in [0.29, 0.717) is 30.4 Å². The Morgan fingerprint density at radius 3 is 2.69 bits per heavy atom. The largest absolute Gasteiger partial charge is 0.440 e. The number of amides is 1. The van der Waals surface area contributed by atoms with Gasteiger partial charge in [0, 0.05) is 37.0 Å². The lowest BCUT2D eigenvalue weighted by Gasteiger charge is -2.27. The van der Waals surface area contributed by atoms with Crippen molar-refractivity contribution >= 4 is 5.91 Å². The smallest absolute Gasteiger partial charge is 0.274 e. The van der Waals surface area contributed by atoms with Gasteiger partial charge in [-0.05, 0) is 20.8 Å². The molecule has 134 valence electrons. The van der Waals surface area contributed by atoms with Crippen LogP contribution in [0.1, 0.15) is 40.1 Å². The van der Waals surface area contributed by atoms with Gasteiger partial charge in [-0.25, -0.2) is 9.97 Å². The molecule has 0 N–H and O–H groups in total. The summed E-state index contributed by atoms with van der Waals surface area (Å²) >= 11 is 0. The van der Waals surface area contributed by atoms with Crippen molar-refractivity contribution in [3.05, 3.63) is 47.0 Å². The number of nitrogens with zero attached hydrogens (tertiary/aromatic N) is 6. The Hall–Kier alpha value is -3.03. The van der Waals surface area contributed by atoms with Gasteiger partial charge in [0.25, 0.3) is 5.91 Å². The van der Waals surface area contributed by atoms with Crippen LogP contribution in [0.15, 0.2) is 23.0 Å². The first-order valence-corrected chi connectivity index (χ1v) is 8.66. The van der Waals surface area contributed by atoms with Crippen LogP contribution < -0.4 is 0 Å². The van der Waals surface area contributed by atoms with Gasteiger partial charge in [-0.1, -0.05) is 0 Å². The SMILES string of the molecule is CCn1nc(-c2ncc(C)o2)c2c1CCN(C(=O)c1cnc(C)cn1)C2. The van der Waals surface area contributed by atoms with Crippen LogP contribution in [-0.2, 0) is 19.5 Å². The van der Waals surface area contributed by atoms with Gasteiger partial charge in [0.1, 0.15) is 11.5 Å². The van der Waals surface area contributed by atoms with Crippen molar-refractivity contribution in [3.63, 3.8) is 0 Å². The number of hydrogen-bond acceptors (Lipinski definition) is 6. The molecule has 0 saturated heterocycles. The van der Waals surface area contributed by atoms with Crippen LogP contribution in [0.5, 0.6) is 0 Å². The summed E-state index contributed by atoms with van der Waals surface area (Å²) in [7, 11) is 0. The number of carbonyl (C=O) groups excluding carboxylic acids is 1. The third kappa shape index (κ3) is 2.77. The minimum atomic E-state index is -0.123. The number of fused-ring (bicyclic) bond motifs is 1. The summed E-state index contributed by atoms with van der Waals surface area (Å²) in [4.78, 5) is 27.3. The number of aromatic nitrogens is 5. The second-order valence-electron chi connectivity index (χ2n) is 6.39. The molecule has 8 heteroatoms. The Morgan fingerprint density at radius 1 is 1.19 bits per heavy atom. The highest BCUT2D eigenvalue weighted by atomic mass is 16.4. The van der Waals surface area contributed by atoms with E-state index in [1.807, 2.05) is 18.5 Å². The molecule has 3 aromatic rings. The van der Waals surface area contributed by atoms with Crippen molar-refractivity contribution < 1.29 is 9.21 Å². The van der Waals surface area contributed by atoms with E-state index in [1.54, 1.807) is 17.3 Å². The maximum Gasteiger partial charge on any atom is 0.274 e. The van der Waals surface area contributed by atoms with Gasteiger partial charge in [0.15, 0.2) is 5.69 Å². The summed E-state index contributed by atoms with van der Waals surface area (Å²) < 4.78 is 7.64. The lowest BCUT2D eigenvalue weighted by molar-refractivity contribution is 0.0727. The lowest BCUT2D eigenvalue weighted by atomic mass is 10.0. The van der Waals surface area contributed by atoms with Crippen molar-refractivity contribution in [3.8, 4) is 11.6 Å². The quantitative estimate of drug-likeness (QED) is 0.717. The van der Waals surface area contributed by atoms with E-state index in [1.165, 1.54) is 6.20 Å². The molecule has 0 radical (unpaired) electrons. The fourth-order valence-corrected chi connectivity index (χ4v) is 3.23. The number of aryl methyl sites for hydroxylation is 3. The van der Waals surface area contributed by atoms with E-state index in [-0.39, 0.29) is 5.91 Å². The number of rotatable bonds is 3. The lowest BCUT2D eigenvalue weighted by Crippen LogP contribution is -2.37. The maximum atomic E-state index is 12.8. The second-order valence-corrected chi connectivity index (χ2v) is 6.39. The molecule has 3 aromatic heterocycles. The molecule has 4 rings (SSSR count). The molecule has 0 fully saturated rings. The van der Waals surface area contributed by atoms with E-state index in [2.05, 4.69) is 27.0 Å². The first kappa shape index (κ1) is 16.4. The van der Waals surface area contributed by atoms with Crippen molar-refractivity contribution in [1.82, 2.24) is 29.6 Å². The third-order valence-electron chi connectivity index (χ3n) is 4.54. The standard InChI is InChI=1S/C18H20N6O2/c1-4-24-15-5-6-23(18(25)14-9-19-11(2)7-20-14)10-13(15)16(22-24)17-21-8-12(3)26-17/h7-9H,4-6,10H2,1-3H3. The summed E-state index contributed by atoms with van der Waals surface area (Å²) in [6.45, 7) is 7.60. The van der Waals surface area contributed by atoms with Gasteiger partial charge in [-0.15, -0.1) is 0 Å². The molecule has 26 heavy (non-hydrogen) atoms. The van der Waals surface area contributed by atoms with E-state index in [4.69, 9.17) is 4.42 Å². The van der Waals surface area contributed by atoms with Crippen molar-refractivity contribution in [1.29, 1.82) is 0 Å². The average molecular weight is 352 g/mol. The fraction of sp³-hybridized carbons (Fsp3) is 0.389. The summed E-state index contributed by atoms with van der Waals surface area (Å²) in [5.74, 6) is 1.11. The predicted octanol–water partition coefficient (Wildman–Crippen LogP) is 2.16. The number of hydrogen-bond donors (Lipinski definition) is 0. The Kier molecular flexibility index (Phi) is 4.02. The molecule has 0 bridgehead atoms. The average Bonchev–Trinajstić information content (AvgIpc) is 3.24. The highest BCUT2D eigenvalue weighted by Gasteiger charge is 2.30. The molecule has 0 aromatic carbocycles. The second kappa shape index (κ2) is 6.36. The van der Waals surface area contributed by atoms with Crippen LogP contribution in [0, 0.1) is 13.8 Å². The zero-order chi connectivity index (χ0) is 18.3. The molecule has 0 atom stereocenters. The van der Waals surface area contributed by atoms with E-state index >= 15 is 0 Å². The van der Waals surface area contributed by atoms with Gasteiger partial charge in [-0.3, -0.25) is 14.5 Å². The van der Waals surface area contributed by atoms with Gasteiger partial charge in [0.05, 0.1) is 24.6 Å². The number of oxazole rings is 1. The molecule has 1 aliphatic rings. The molecule has 0 unspecified atom stereocenters. The fourth-order valence-electron chi connectivity index (χ4n) is 3.23. The van der Waals surface area contributed by atoms with Gasteiger partial charge in [-0.2, -0.15) is 5.10 Å². The zero-order valence-electron chi connectivity index (χ0n) is 15.1. The minimum absolute atomic E-state index is 0.123. The van der Waals surface area contributed by atoms with Crippen molar-refractivity contribution in [2.75, 3.05) is 6.54 Å². The normalized spacial score (nSPS) is 13.7. The third-order valence-corrected chi connectivity index (χ3v) is 4.54. The van der Waals surface area contributed by atoms with Crippen LogP contribution in [0.3, 0.4) is 0 Å². The summed E-state index contributed by atoms with van der Waals surface area (Å²) in [5, 5.41) is 4.67. The first-order valence-electron chi connectivity index (χ1n) is 8.66. The molecule has 1 amide bonds. The number of carbonyl (C=O) groups is 1. The van der Waals surface area contributed by atoms with E-state index in [9.17, 15) is 4.79 Å². The summed E-state index contributed by atoms with van der Waals surface area (Å²) in [5.41, 5.74) is 3.98. The van der Waals surface area contributed by atoms with Crippen LogP contribution in [0.4, 0.5) is 0 Å². The van der Waals surface area contributed by atoms with Crippen LogP contribution in [0.2, 0.25) is 0 Å². The Morgan fingerprint density at radius 2 is 2.04 bits per heavy atom. The molecule has 0 spiro atoms. The highest BCUT2D eigenvalue weighted by molar-refractivity contribution is 5.92. The molecule has 4 heterocycles. The Balaban J connectivity index is 1.68. The molecule has 0 saturated carbocycles. The maximum absolute atomic E-state index is 12.8. The van der Waals surface area contributed by atoms with Crippen LogP contribution in [-0.4, -0.2) is 42.1 Å². The summed E-state index contributed by atoms with van der Waals surface area (Å²) in [6.07, 6.45) is 5.56.